The fourth-order valence-corrected chi connectivity index (χ4v) is 1.48. The molecule has 2 aromatic rings. The molecule has 0 aliphatic rings. The standard InChI is InChI=1S/C10H5BrF2O/c11-10-4-7(5-14-10)6-1-2-8(12)9(13)3-6/h1-5H. The first kappa shape index (κ1) is 9.40. The SMILES string of the molecule is Fc1ccc(-c2coc(Br)c2)cc1F. The molecular formula is C10H5BrF2O. The monoisotopic (exact) mass is 258 g/mol. The lowest BCUT2D eigenvalue weighted by molar-refractivity contribution is 0.509. The van der Waals surface area contributed by atoms with Gasteiger partial charge in [-0.1, -0.05) is 6.07 Å². The molecule has 0 amide bonds. The van der Waals surface area contributed by atoms with Gasteiger partial charge >= 0.3 is 0 Å². The summed E-state index contributed by atoms with van der Waals surface area (Å²) in [7, 11) is 0. The lowest BCUT2D eigenvalue weighted by Crippen LogP contribution is -1.83. The molecule has 1 aromatic heterocycles. The van der Waals surface area contributed by atoms with Crippen LogP contribution >= 0.6 is 15.9 Å². The Balaban J connectivity index is 2.47. The summed E-state index contributed by atoms with van der Waals surface area (Å²) in [4.78, 5) is 0. The van der Waals surface area contributed by atoms with Crippen molar-refractivity contribution in [3.63, 3.8) is 0 Å². The molecule has 14 heavy (non-hydrogen) atoms. The molecule has 0 saturated heterocycles. The topological polar surface area (TPSA) is 13.1 Å². The highest BCUT2D eigenvalue weighted by Crippen LogP contribution is 2.25. The van der Waals surface area contributed by atoms with E-state index in [9.17, 15) is 8.78 Å². The number of benzene rings is 1. The maximum Gasteiger partial charge on any atom is 0.169 e. The van der Waals surface area contributed by atoms with Crippen molar-refractivity contribution in [2.24, 2.45) is 0 Å². The lowest BCUT2D eigenvalue weighted by atomic mass is 10.1. The van der Waals surface area contributed by atoms with E-state index in [2.05, 4.69) is 15.9 Å². The van der Waals surface area contributed by atoms with Gasteiger partial charge in [0.15, 0.2) is 16.3 Å². The molecule has 1 aromatic carbocycles. The van der Waals surface area contributed by atoms with Crippen LogP contribution in [0.1, 0.15) is 0 Å². The molecule has 0 N–H and O–H groups in total. The molecule has 2 rings (SSSR count). The van der Waals surface area contributed by atoms with Crippen LogP contribution < -0.4 is 0 Å². The number of hydrogen-bond donors (Lipinski definition) is 0. The molecule has 0 saturated carbocycles. The highest BCUT2D eigenvalue weighted by molar-refractivity contribution is 9.10. The Morgan fingerprint density at radius 3 is 2.36 bits per heavy atom. The minimum absolute atomic E-state index is 0.553. The Kier molecular flexibility index (Phi) is 2.37. The third-order valence-corrected chi connectivity index (χ3v) is 2.24. The molecule has 0 aliphatic heterocycles. The van der Waals surface area contributed by atoms with E-state index in [1.165, 1.54) is 12.3 Å². The van der Waals surface area contributed by atoms with Gasteiger partial charge in [-0.05, 0) is 39.7 Å². The van der Waals surface area contributed by atoms with Crippen molar-refractivity contribution in [3.8, 4) is 11.1 Å². The van der Waals surface area contributed by atoms with E-state index >= 15 is 0 Å². The van der Waals surface area contributed by atoms with Crippen molar-refractivity contribution in [2.45, 2.75) is 0 Å². The summed E-state index contributed by atoms with van der Waals surface area (Å²) in [6, 6.07) is 5.40. The predicted octanol–water partition coefficient (Wildman–Crippen LogP) is 3.99. The van der Waals surface area contributed by atoms with Gasteiger partial charge in [-0.25, -0.2) is 8.78 Å². The largest absolute Gasteiger partial charge is 0.457 e. The molecule has 0 bridgehead atoms. The van der Waals surface area contributed by atoms with Crippen LogP contribution in [-0.4, -0.2) is 0 Å². The average molecular weight is 259 g/mol. The maximum atomic E-state index is 12.9. The van der Waals surface area contributed by atoms with E-state index in [4.69, 9.17) is 4.42 Å². The minimum Gasteiger partial charge on any atom is -0.457 e. The van der Waals surface area contributed by atoms with Crippen LogP contribution in [0.25, 0.3) is 11.1 Å². The van der Waals surface area contributed by atoms with Crippen molar-refractivity contribution in [1.82, 2.24) is 0 Å². The van der Waals surface area contributed by atoms with Crippen LogP contribution in [0.3, 0.4) is 0 Å². The molecule has 0 radical (unpaired) electrons. The number of rotatable bonds is 1. The third kappa shape index (κ3) is 1.70. The van der Waals surface area contributed by atoms with Crippen LogP contribution in [0.2, 0.25) is 0 Å². The van der Waals surface area contributed by atoms with Crippen molar-refractivity contribution in [2.75, 3.05) is 0 Å². The van der Waals surface area contributed by atoms with Crippen molar-refractivity contribution in [3.05, 3.63) is 46.8 Å². The Hall–Kier alpha value is -1.16. The summed E-state index contributed by atoms with van der Waals surface area (Å²) < 4.78 is 31.0. The van der Waals surface area contributed by atoms with Gasteiger partial charge in [-0.2, -0.15) is 0 Å². The van der Waals surface area contributed by atoms with Gasteiger partial charge in [0, 0.05) is 5.56 Å². The normalized spacial score (nSPS) is 10.5. The van der Waals surface area contributed by atoms with Gasteiger partial charge in [0.1, 0.15) is 0 Å². The zero-order valence-electron chi connectivity index (χ0n) is 6.93. The lowest BCUT2D eigenvalue weighted by Gasteiger charge is -1.97. The van der Waals surface area contributed by atoms with Gasteiger partial charge in [0.2, 0.25) is 0 Å². The highest BCUT2D eigenvalue weighted by atomic mass is 79.9. The van der Waals surface area contributed by atoms with Crippen LogP contribution in [0.5, 0.6) is 0 Å². The summed E-state index contributed by atoms with van der Waals surface area (Å²) in [5.74, 6) is -1.71. The molecule has 0 unspecified atom stereocenters. The molecule has 0 spiro atoms. The number of furan rings is 1. The zero-order chi connectivity index (χ0) is 10.1. The molecule has 0 fully saturated rings. The summed E-state index contributed by atoms with van der Waals surface area (Å²) in [6.07, 6.45) is 1.47. The first-order valence-electron chi connectivity index (χ1n) is 3.86. The Bertz CT molecular complexity index is 465. The van der Waals surface area contributed by atoms with E-state index in [1.54, 1.807) is 6.07 Å². The first-order valence-corrected chi connectivity index (χ1v) is 4.65. The molecule has 72 valence electrons. The molecule has 1 nitrogen and oxygen atoms in total. The quantitative estimate of drug-likeness (QED) is 0.754. The van der Waals surface area contributed by atoms with Crippen LogP contribution in [0.15, 0.2) is 39.6 Å². The van der Waals surface area contributed by atoms with Crippen LogP contribution in [-0.2, 0) is 0 Å². The molecular weight excluding hydrogens is 254 g/mol. The zero-order valence-corrected chi connectivity index (χ0v) is 8.51. The summed E-state index contributed by atoms with van der Waals surface area (Å²) >= 11 is 3.13. The summed E-state index contributed by atoms with van der Waals surface area (Å²) in [5, 5.41) is 0. The second kappa shape index (κ2) is 3.53. The second-order valence-corrected chi connectivity index (χ2v) is 3.55. The van der Waals surface area contributed by atoms with E-state index in [0.29, 0.717) is 15.8 Å². The molecule has 1 heterocycles. The number of hydrogen-bond acceptors (Lipinski definition) is 1. The Labute approximate surface area is 87.5 Å². The fourth-order valence-electron chi connectivity index (χ4n) is 1.14. The van der Waals surface area contributed by atoms with E-state index in [-0.39, 0.29) is 0 Å². The van der Waals surface area contributed by atoms with Gasteiger partial charge in [0.05, 0.1) is 6.26 Å². The third-order valence-electron chi connectivity index (χ3n) is 1.82. The van der Waals surface area contributed by atoms with Crippen LogP contribution in [0.4, 0.5) is 8.78 Å². The van der Waals surface area contributed by atoms with E-state index in [0.717, 1.165) is 12.1 Å². The van der Waals surface area contributed by atoms with E-state index < -0.39 is 11.6 Å². The maximum absolute atomic E-state index is 12.9. The molecule has 0 aliphatic carbocycles. The van der Waals surface area contributed by atoms with Gasteiger partial charge in [-0.15, -0.1) is 0 Å². The van der Waals surface area contributed by atoms with E-state index in [1.807, 2.05) is 0 Å². The average Bonchev–Trinajstić information content (AvgIpc) is 2.57. The van der Waals surface area contributed by atoms with Gasteiger partial charge in [0.25, 0.3) is 0 Å². The first-order chi connectivity index (χ1) is 6.66. The molecule has 4 heteroatoms. The Morgan fingerprint density at radius 2 is 1.79 bits per heavy atom. The van der Waals surface area contributed by atoms with Gasteiger partial charge < -0.3 is 4.42 Å². The smallest absolute Gasteiger partial charge is 0.169 e. The van der Waals surface area contributed by atoms with Gasteiger partial charge in [-0.3, -0.25) is 0 Å². The Morgan fingerprint density at radius 1 is 1.00 bits per heavy atom. The van der Waals surface area contributed by atoms with Crippen molar-refractivity contribution in [1.29, 1.82) is 0 Å². The van der Waals surface area contributed by atoms with Crippen molar-refractivity contribution >= 4 is 15.9 Å². The second-order valence-electron chi connectivity index (χ2n) is 2.77. The highest BCUT2D eigenvalue weighted by Gasteiger charge is 2.06. The van der Waals surface area contributed by atoms with Crippen LogP contribution in [0, 0.1) is 11.6 Å². The van der Waals surface area contributed by atoms with Crippen molar-refractivity contribution < 1.29 is 13.2 Å². The predicted molar refractivity (Wildman–Crippen MR) is 51.8 cm³/mol. The number of halogens is 3. The minimum atomic E-state index is -0.861. The summed E-state index contributed by atoms with van der Waals surface area (Å²) in [6.45, 7) is 0. The fraction of sp³-hybridized carbons (Fsp3) is 0. The summed E-state index contributed by atoms with van der Waals surface area (Å²) in [5.41, 5.74) is 1.29. The molecule has 0 atom stereocenters.